The standard InChI is InChI=1S/C21H26N2O3/c1-15-10-18(20(24)23-8-9-26-21(3,4)14-23)11-16(2)19(15)25-13-17-6-5-7-22-12-17/h5-7,10-12H,8-9,13-14H2,1-4H3. The van der Waals surface area contributed by atoms with E-state index in [0.29, 0.717) is 31.9 Å². The van der Waals surface area contributed by atoms with E-state index in [1.165, 1.54) is 0 Å². The van der Waals surface area contributed by atoms with E-state index in [1.54, 1.807) is 12.4 Å². The third-order valence-corrected chi connectivity index (χ3v) is 4.53. The summed E-state index contributed by atoms with van der Waals surface area (Å²) >= 11 is 0. The zero-order chi connectivity index (χ0) is 18.7. The number of hydrogen-bond donors (Lipinski definition) is 0. The lowest BCUT2D eigenvalue weighted by atomic mass is 10.0. The van der Waals surface area contributed by atoms with E-state index >= 15 is 0 Å². The van der Waals surface area contributed by atoms with Gasteiger partial charge in [-0.15, -0.1) is 0 Å². The molecule has 0 saturated carbocycles. The van der Waals surface area contributed by atoms with Crippen LogP contribution >= 0.6 is 0 Å². The number of aryl methyl sites for hydroxylation is 2. The summed E-state index contributed by atoms with van der Waals surface area (Å²) in [6.45, 7) is 10.2. The second-order valence-electron chi connectivity index (χ2n) is 7.42. The minimum Gasteiger partial charge on any atom is -0.488 e. The van der Waals surface area contributed by atoms with Gasteiger partial charge >= 0.3 is 0 Å². The fraction of sp³-hybridized carbons (Fsp3) is 0.429. The highest BCUT2D eigenvalue weighted by Gasteiger charge is 2.30. The number of carbonyl (C=O) groups is 1. The van der Waals surface area contributed by atoms with Gasteiger partial charge in [-0.25, -0.2) is 0 Å². The minimum absolute atomic E-state index is 0.0476. The molecule has 0 bridgehead atoms. The molecule has 2 heterocycles. The number of rotatable bonds is 4. The van der Waals surface area contributed by atoms with Gasteiger partial charge in [0.25, 0.3) is 5.91 Å². The number of aromatic nitrogens is 1. The van der Waals surface area contributed by atoms with Crippen molar-refractivity contribution in [2.75, 3.05) is 19.7 Å². The lowest BCUT2D eigenvalue weighted by molar-refractivity contribution is -0.0764. The smallest absolute Gasteiger partial charge is 0.254 e. The molecule has 1 fully saturated rings. The lowest BCUT2D eigenvalue weighted by Crippen LogP contribution is -2.50. The maximum atomic E-state index is 12.9. The van der Waals surface area contributed by atoms with Crippen molar-refractivity contribution in [1.82, 2.24) is 9.88 Å². The van der Waals surface area contributed by atoms with Crippen molar-refractivity contribution >= 4 is 5.91 Å². The molecule has 5 heteroatoms. The highest BCUT2D eigenvalue weighted by atomic mass is 16.5. The molecule has 0 aliphatic carbocycles. The van der Waals surface area contributed by atoms with Crippen LogP contribution in [0.25, 0.3) is 0 Å². The van der Waals surface area contributed by atoms with Gasteiger partial charge in [0.05, 0.1) is 12.2 Å². The minimum atomic E-state index is -0.301. The first-order valence-electron chi connectivity index (χ1n) is 8.92. The Labute approximate surface area is 155 Å². The summed E-state index contributed by atoms with van der Waals surface area (Å²) < 4.78 is 11.7. The highest BCUT2D eigenvalue weighted by molar-refractivity contribution is 5.95. The third-order valence-electron chi connectivity index (χ3n) is 4.53. The van der Waals surface area contributed by atoms with Crippen LogP contribution in [0.15, 0.2) is 36.7 Å². The number of amides is 1. The number of ether oxygens (including phenoxy) is 2. The van der Waals surface area contributed by atoms with Crippen molar-refractivity contribution < 1.29 is 14.3 Å². The first-order chi connectivity index (χ1) is 12.4. The van der Waals surface area contributed by atoms with Crippen LogP contribution in [0.3, 0.4) is 0 Å². The van der Waals surface area contributed by atoms with E-state index in [4.69, 9.17) is 9.47 Å². The Morgan fingerprint density at radius 1 is 1.31 bits per heavy atom. The van der Waals surface area contributed by atoms with Gasteiger partial charge in [0, 0.05) is 36.6 Å². The van der Waals surface area contributed by atoms with Crippen LogP contribution in [0, 0.1) is 13.8 Å². The summed E-state index contributed by atoms with van der Waals surface area (Å²) in [7, 11) is 0. The molecule has 3 rings (SSSR count). The second kappa shape index (κ2) is 7.46. The van der Waals surface area contributed by atoms with Crippen molar-refractivity contribution in [3.8, 4) is 5.75 Å². The van der Waals surface area contributed by atoms with E-state index in [0.717, 1.165) is 22.4 Å². The molecule has 5 nitrogen and oxygen atoms in total. The van der Waals surface area contributed by atoms with Crippen molar-refractivity contribution in [2.45, 2.75) is 39.9 Å². The zero-order valence-electron chi connectivity index (χ0n) is 15.9. The molecule has 1 aromatic heterocycles. The molecule has 2 aromatic rings. The first kappa shape index (κ1) is 18.4. The van der Waals surface area contributed by atoms with Crippen LogP contribution < -0.4 is 4.74 Å². The molecule has 1 aliphatic heterocycles. The maximum absolute atomic E-state index is 12.9. The normalized spacial score (nSPS) is 16.4. The van der Waals surface area contributed by atoms with Gasteiger partial charge in [-0.1, -0.05) is 6.07 Å². The average Bonchev–Trinajstić information content (AvgIpc) is 2.60. The van der Waals surface area contributed by atoms with Crippen molar-refractivity contribution in [3.05, 3.63) is 58.9 Å². The van der Waals surface area contributed by atoms with Gasteiger partial charge in [0.15, 0.2) is 0 Å². The SMILES string of the molecule is Cc1cc(C(=O)N2CCOC(C)(C)C2)cc(C)c1OCc1cccnc1. The van der Waals surface area contributed by atoms with Gasteiger partial charge in [0.2, 0.25) is 0 Å². The van der Waals surface area contributed by atoms with Gasteiger partial charge < -0.3 is 14.4 Å². The predicted molar refractivity (Wildman–Crippen MR) is 100 cm³/mol. The van der Waals surface area contributed by atoms with E-state index in [1.807, 2.05) is 56.9 Å². The van der Waals surface area contributed by atoms with Crippen LogP contribution in [0.4, 0.5) is 0 Å². The quantitative estimate of drug-likeness (QED) is 0.843. The summed E-state index contributed by atoms with van der Waals surface area (Å²) in [4.78, 5) is 18.9. The summed E-state index contributed by atoms with van der Waals surface area (Å²) in [5.74, 6) is 0.874. The lowest BCUT2D eigenvalue weighted by Gasteiger charge is -2.38. The summed E-state index contributed by atoms with van der Waals surface area (Å²) in [5.41, 5.74) is 3.34. The fourth-order valence-electron chi connectivity index (χ4n) is 3.31. The topological polar surface area (TPSA) is 51.7 Å². The summed E-state index contributed by atoms with van der Waals surface area (Å²) in [5, 5.41) is 0. The molecule has 0 N–H and O–H groups in total. The second-order valence-corrected chi connectivity index (χ2v) is 7.42. The predicted octanol–water partition coefficient (Wildman–Crippen LogP) is 3.53. The summed E-state index contributed by atoms with van der Waals surface area (Å²) in [6.07, 6.45) is 3.54. The van der Waals surface area contributed by atoms with Crippen LogP contribution in [0.5, 0.6) is 5.75 Å². The number of hydrogen-bond acceptors (Lipinski definition) is 4. The van der Waals surface area contributed by atoms with E-state index in [-0.39, 0.29) is 11.5 Å². The monoisotopic (exact) mass is 354 g/mol. The number of benzene rings is 1. The van der Waals surface area contributed by atoms with Crippen LogP contribution in [-0.4, -0.2) is 41.1 Å². The Morgan fingerprint density at radius 3 is 2.65 bits per heavy atom. The third kappa shape index (κ3) is 4.22. The molecule has 26 heavy (non-hydrogen) atoms. The summed E-state index contributed by atoms with van der Waals surface area (Å²) in [6, 6.07) is 7.70. The highest BCUT2D eigenvalue weighted by Crippen LogP contribution is 2.27. The molecular formula is C21H26N2O3. The van der Waals surface area contributed by atoms with Gasteiger partial charge in [-0.05, 0) is 57.0 Å². The number of morpholine rings is 1. The zero-order valence-corrected chi connectivity index (χ0v) is 15.9. The van der Waals surface area contributed by atoms with Crippen molar-refractivity contribution in [3.63, 3.8) is 0 Å². The van der Waals surface area contributed by atoms with Crippen LogP contribution in [0.2, 0.25) is 0 Å². The Morgan fingerprint density at radius 2 is 2.04 bits per heavy atom. The molecule has 0 spiro atoms. The molecular weight excluding hydrogens is 328 g/mol. The van der Waals surface area contributed by atoms with E-state index in [2.05, 4.69) is 4.98 Å². The molecule has 1 saturated heterocycles. The fourth-order valence-corrected chi connectivity index (χ4v) is 3.31. The largest absolute Gasteiger partial charge is 0.488 e. The van der Waals surface area contributed by atoms with Crippen LogP contribution in [-0.2, 0) is 11.3 Å². The molecule has 0 radical (unpaired) electrons. The van der Waals surface area contributed by atoms with E-state index < -0.39 is 0 Å². The Hall–Kier alpha value is -2.40. The molecule has 0 atom stereocenters. The Kier molecular flexibility index (Phi) is 5.28. The van der Waals surface area contributed by atoms with Gasteiger partial charge in [-0.3, -0.25) is 9.78 Å². The van der Waals surface area contributed by atoms with Crippen molar-refractivity contribution in [1.29, 1.82) is 0 Å². The van der Waals surface area contributed by atoms with Gasteiger partial charge in [-0.2, -0.15) is 0 Å². The first-order valence-corrected chi connectivity index (χ1v) is 8.92. The molecule has 1 aromatic carbocycles. The Balaban J connectivity index is 1.75. The molecule has 1 amide bonds. The maximum Gasteiger partial charge on any atom is 0.254 e. The van der Waals surface area contributed by atoms with E-state index in [9.17, 15) is 4.79 Å². The number of carbonyl (C=O) groups excluding carboxylic acids is 1. The number of nitrogens with zero attached hydrogens (tertiary/aromatic N) is 2. The average molecular weight is 354 g/mol. The molecule has 0 unspecified atom stereocenters. The molecule has 1 aliphatic rings. The Bertz CT molecular complexity index is 764. The molecule has 138 valence electrons. The van der Waals surface area contributed by atoms with Crippen LogP contribution in [0.1, 0.15) is 40.9 Å². The van der Waals surface area contributed by atoms with Crippen molar-refractivity contribution in [2.24, 2.45) is 0 Å². The van der Waals surface area contributed by atoms with Gasteiger partial charge in [0.1, 0.15) is 12.4 Å². The number of pyridine rings is 1.